The van der Waals surface area contributed by atoms with Gasteiger partial charge in [0.1, 0.15) is 28.7 Å². The van der Waals surface area contributed by atoms with E-state index in [0.717, 1.165) is 45.5 Å². The average Bonchev–Trinajstić information content (AvgIpc) is 3.36. The Hall–Kier alpha value is -3.39. The van der Waals surface area contributed by atoms with Crippen LogP contribution in [-0.2, 0) is 0 Å². The van der Waals surface area contributed by atoms with Crippen LogP contribution in [0.1, 0.15) is 28.6 Å². The third kappa shape index (κ3) is 3.98. The number of nitrogens with one attached hydrogen (secondary N) is 1. The largest absolute Gasteiger partial charge is 0.496 e. The standard InChI is InChI=1S/C23H28N6O2/c1-14-11-19(27-31-14)18-12-22-25-16(3)15(2)23(29(22)26-18)24-13-20(28(4)5)17-9-7-8-10-21(17)30-6/h7-12,20,24H,13H2,1-6H3. The Balaban J connectivity index is 1.71. The van der Waals surface area contributed by atoms with Crippen LogP contribution >= 0.6 is 0 Å². The number of aryl methyl sites for hydroxylation is 2. The lowest BCUT2D eigenvalue weighted by atomic mass is 10.0. The van der Waals surface area contributed by atoms with E-state index >= 15 is 0 Å². The van der Waals surface area contributed by atoms with Gasteiger partial charge in [0, 0.05) is 35.5 Å². The number of fused-ring (bicyclic) bond motifs is 1. The molecule has 0 saturated heterocycles. The van der Waals surface area contributed by atoms with E-state index in [2.05, 4.69) is 42.5 Å². The van der Waals surface area contributed by atoms with Gasteiger partial charge in [-0.05, 0) is 40.9 Å². The number of anilines is 1. The minimum atomic E-state index is 0.104. The highest BCUT2D eigenvalue weighted by molar-refractivity contribution is 5.64. The summed E-state index contributed by atoms with van der Waals surface area (Å²) in [6.07, 6.45) is 0. The molecule has 0 spiro atoms. The lowest BCUT2D eigenvalue weighted by Crippen LogP contribution is -2.28. The number of ether oxygens (including phenoxy) is 1. The predicted octanol–water partition coefficient (Wildman–Crippen LogP) is 4.03. The molecule has 0 aliphatic carbocycles. The molecule has 4 aromatic rings. The molecular weight excluding hydrogens is 392 g/mol. The van der Waals surface area contributed by atoms with E-state index in [1.54, 1.807) is 7.11 Å². The van der Waals surface area contributed by atoms with Crippen molar-refractivity contribution >= 4 is 11.5 Å². The summed E-state index contributed by atoms with van der Waals surface area (Å²) in [4.78, 5) is 6.89. The van der Waals surface area contributed by atoms with Gasteiger partial charge in [0.05, 0.1) is 13.2 Å². The van der Waals surface area contributed by atoms with Crippen molar-refractivity contribution in [3.05, 3.63) is 59.0 Å². The van der Waals surface area contributed by atoms with Crippen molar-refractivity contribution in [3.63, 3.8) is 0 Å². The Morgan fingerprint density at radius 3 is 2.58 bits per heavy atom. The maximum atomic E-state index is 5.60. The summed E-state index contributed by atoms with van der Waals surface area (Å²) in [5, 5.41) is 12.5. The summed E-state index contributed by atoms with van der Waals surface area (Å²) >= 11 is 0. The number of nitrogens with zero attached hydrogens (tertiary/aromatic N) is 5. The van der Waals surface area contributed by atoms with Crippen LogP contribution in [0, 0.1) is 20.8 Å². The van der Waals surface area contributed by atoms with Crippen molar-refractivity contribution in [1.82, 2.24) is 24.7 Å². The van der Waals surface area contributed by atoms with Crippen molar-refractivity contribution < 1.29 is 9.26 Å². The van der Waals surface area contributed by atoms with Gasteiger partial charge in [-0.1, -0.05) is 23.4 Å². The van der Waals surface area contributed by atoms with Gasteiger partial charge in [-0.3, -0.25) is 0 Å². The number of para-hydroxylation sites is 1. The van der Waals surface area contributed by atoms with Crippen molar-refractivity contribution in [2.75, 3.05) is 33.1 Å². The van der Waals surface area contributed by atoms with Crippen LogP contribution in [0.2, 0.25) is 0 Å². The SMILES string of the molecule is COc1ccccc1C(CNc1c(C)c(C)nc2cc(-c3cc(C)on3)nn12)N(C)C. The topological polar surface area (TPSA) is 80.7 Å². The predicted molar refractivity (Wildman–Crippen MR) is 121 cm³/mol. The van der Waals surface area contributed by atoms with E-state index in [-0.39, 0.29) is 6.04 Å². The molecule has 0 fully saturated rings. The number of likely N-dealkylation sites (N-methyl/N-ethyl adjacent to an activating group) is 1. The second-order valence-corrected chi connectivity index (χ2v) is 7.90. The molecule has 8 heteroatoms. The molecule has 1 unspecified atom stereocenters. The Morgan fingerprint density at radius 1 is 1.13 bits per heavy atom. The second kappa shape index (κ2) is 8.39. The molecular formula is C23H28N6O2. The quantitative estimate of drug-likeness (QED) is 0.483. The molecule has 1 N–H and O–H groups in total. The van der Waals surface area contributed by atoms with Crippen LogP contribution in [-0.4, -0.2) is 52.4 Å². The Bertz CT molecular complexity index is 1210. The van der Waals surface area contributed by atoms with Gasteiger partial charge in [-0.15, -0.1) is 0 Å². The maximum absolute atomic E-state index is 5.60. The minimum absolute atomic E-state index is 0.104. The second-order valence-electron chi connectivity index (χ2n) is 7.90. The zero-order valence-electron chi connectivity index (χ0n) is 18.8. The van der Waals surface area contributed by atoms with Gasteiger partial charge >= 0.3 is 0 Å². The number of benzene rings is 1. The van der Waals surface area contributed by atoms with Crippen molar-refractivity contribution in [3.8, 4) is 17.1 Å². The molecule has 4 rings (SSSR count). The van der Waals surface area contributed by atoms with Crippen molar-refractivity contribution in [1.29, 1.82) is 0 Å². The highest BCUT2D eigenvalue weighted by Crippen LogP contribution is 2.29. The van der Waals surface area contributed by atoms with E-state index in [1.807, 2.05) is 48.7 Å². The average molecular weight is 421 g/mol. The molecule has 0 saturated carbocycles. The summed E-state index contributed by atoms with van der Waals surface area (Å²) in [5.41, 5.74) is 5.32. The van der Waals surface area contributed by atoms with Crippen molar-refractivity contribution in [2.45, 2.75) is 26.8 Å². The molecule has 0 aliphatic heterocycles. The number of methoxy groups -OCH3 is 1. The molecule has 3 heterocycles. The van der Waals surface area contributed by atoms with E-state index < -0.39 is 0 Å². The number of hydrogen-bond donors (Lipinski definition) is 1. The summed E-state index contributed by atoms with van der Waals surface area (Å²) < 4.78 is 12.7. The van der Waals surface area contributed by atoms with Gasteiger partial charge < -0.3 is 19.5 Å². The molecule has 162 valence electrons. The molecule has 0 aliphatic rings. The van der Waals surface area contributed by atoms with Gasteiger partial charge in [0.15, 0.2) is 5.65 Å². The molecule has 3 aromatic heterocycles. The van der Waals surface area contributed by atoms with Crippen LogP contribution < -0.4 is 10.1 Å². The third-order valence-electron chi connectivity index (χ3n) is 5.56. The summed E-state index contributed by atoms with van der Waals surface area (Å²) in [5.74, 6) is 2.53. The summed E-state index contributed by atoms with van der Waals surface area (Å²) in [6, 6.07) is 12.0. The highest BCUT2D eigenvalue weighted by Gasteiger charge is 2.20. The fraction of sp³-hybridized carbons (Fsp3) is 0.348. The molecule has 31 heavy (non-hydrogen) atoms. The first-order valence-corrected chi connectivity index (χ1v) is 10.2. The number of aromatic nitrogens is 4. The van der Waals surface area contributed by atoms with Crippen molar-refractivity contribution in [2.24, 2.45) is 0 Å². The summed E-state index contributed by atoms with van der Waals surface area (Å²) in [7, 11) is 5.84. The fourth-order valence-electron chi connectivity index (χ4n) is 3.73. The smallest absolute Gasteiger partial charge is 0.158 e. The van der Waals surface area contributed by atoms with Crippen LogP contribution in [0.3, 0.4) is 0 Å². The highest BCUT2D eigenvalue weighted by atomic mass is 16.5. The molecule has 1 atom stereocenters. The first-order chi connectivity index (χ1) is 14.9. The monoisotopic (exact) mass is 420 g/mol. The van der Waals surface area contributed by atoms with Crippen LogP contribution in [0.5, 0.6) is 5.75 Å². The zero-order valence-corrected chi connectivity index (χ0v) is 18.8. The van der Waals surface area contributed by atoms with E-state index in [0.29, 0.717) is 12.2 Å². The molecule has 1 aromatic carbocycles. The van der Waals surface area contributed by atoms with Gasteiger partial charge in [0.25, 0.3) is 0 Å². The Labute approximate surface area is 181 Å². The fourth-order valence-corrected chi connectivity index (χ4v) is 3.73. The lowest BCUT2D eigenvalue weighted by molar-refractivity contribution is 0.299. The third-order valence-corrected chi connectivity index (χ3v) is 5.56. The molecule has 8 nitrogen and oxygen atoms in total. The van der Waals surface area contributed by atoms with Crippen LogP contribution in [0.4, 0.5) is 5.82 Å². The van der Waals surface area contributed by atoms with Gasteiger partial charge in [-0.25, -0.2) is 4.98 Å². The maximum Gasteiger partial charge on any atom is 0.158 e. The Kier molecular flexibility index (Phi) is 5.65. The molecule has 0 radical (unpaired) electrons. The molecule has 0 bridgehead atoms. The van der Waals surface area contributed by atoms with Gasteiger partial charge in [-0.2, -0.15) is 9.61 Å². The number of rotatable bonds is 7. The first kappa shape index (κ1) is 20.9. The molecule has 0 amide bonds. The van der Waals surface area contributed by atoms with E-state index in [1.165, 1.54) is 0 Å². The van der Waals surface area contributed by atoms with E-state index in [9.17, 15) is 0 Å². The first-order valence-electron chi connectivity index (χ1n) is 10.2. The van der Waals surface area contributed by atoms with Gasteiger partial charge in [0.2, 0.25) is 0 Å². The summed E-state index contributed by atoms with van der Waals surface area (Å²) in [6.45, 7) is 6.60. The normalized spacial score (nSPS) is 12.5. The van der Waals surface area contributed by atoms with Crippen LogP contribution in [0.25, 0.3) is 17.0 Å². The number of hydrogen-bond acceptors (Lipinski definition) is 7. The minimum Gasteiger partial charge on any atom is -0.496 e. The Morgan fingerprint density at radius 2 is 1.90 bits per heavy atom. The van der Waals surface area contributed by atoms with E-state index in [4.69, 9.17) is 19.3 Å². The lowest BCUT2D eigenvalue weighted by Gasteiger charge is -2.27. The zero-order chi connectivity index (χ0) is 22.1. The van der Waals surface area contributed by atoms with Crippen LogP contribution in [0.15, 0.2) is 40.9 Å².